The van der Waals surface area contributed by atoms with Crippen LogP contribution in [0.1, 0.15) is 31.4 Å². The summed E-state index contributed by atoms with van der Waals surface area (Å²) in [6.07, 6.45) is 2.25. The molecule has 0 aliphatic carbocycles. The zero-order valence-corrected chi connectivity index (χ0v) is 9.17. The first kappa shape index (κ1) is 9.45. The zero-order chi connectivity index (χ0) is 10.1. The van der Waals surface area contributed by atoms with Crippen LogP contribution in [0.25, 0.3) is 0 Å². The highest BCUT2D eigenvalue weighted by Gasteiger charge is 2.17. The van der Waals surface area contributed by atoms with Crippen molar-refractivity contribution < 1.29 is 0 Å². The molecule has 0 radical (unpaired) electrons. The van der Waals surface area contributed by atoms with Crippen molar-refractivity contribution in [2.45, 2.75) is 33.6 Å². The minimum Gasteiger partial charge on any atom is -0.257 e. The van der Waals surface area contributed by atoms with E-state index in [4.69, 9.17) is 4.99 Å². The lowest BCUT2D eigenvalue weighted by molar-refractivity contribution is 0.732. The van der Waals surface area contributed by atoms with Gasteiger partial charge < -0.3 is 0 Å². The largest absolute Gasteiger partial charge is 0.257 e. The molecule has 1 heteroatoms. The minimum atomic E-state index is 0.628. The summed E-state index contributed by atoms with van der Waals surface area (Å²) in [4.78, 5) is 4.70. The Labute approximate surface area is 85.9 Å². The molecule has 0 fully saturated rings. The molecule has 14 heavy (non-hydrogen) atoms. The van der Waals surface area contributed by atoms with Crippen LogP contribution in [0.2, 0.25) is 0 Å². The number of nitrogens with zero attached hydrogens (tertiary/aromatic N) is 1. The molecule has 0 amide bonds. The fraction of sp³-hybridized carbons (Fsp3) is 0.462. The summed E-state index contributed by atoms with van der Waals surface area (Å²) < 4.78 is 0. The van der Waals surface area contributed by atoms with Crippen molar-refractivity contribution in [3.8, 4) is 0 Å². The molecule has 0 saturated carbocycles. The van der Waals surface area contributed by atoms with Gasteiger partial charge in [-0.2, -0.15) is 0 Å². The number of hydrogen-bond acceptors (Lipinski definition) is 1. The van der Waals surface area contributed by atoms with Gasteiger partial charge in [0.05, 0.1) is 5.69 Å². The first-order valence-electron chi connectivity index (χ1n) is 5.37. The van der Waals surface area contributed by atoms with E-state index in [1.165, 1.54) is 28.9 Å². The predicted molar refractivity (Wildman–Crippen MR) is 61.4 cm³/mol. The summed E-state index contributed by atoms with van der Waals surface area (Å²) >= 11 is 0. The van der Waals surface area contributed by atoms with E-state index in [-0.39, 0.29) is 0 Å². The molecule has 0 bridgehead atoms. The number of benzene rings is 1. The van der Waals surface area contributed by atoms with Crippen LogP contribution < -0.4 is 0 Å². The molecule has 1 nitrogen and oxygen atoms in total. The van der Waals surface area contributed by atoms with Gasteiger partial charge in [0, 0.05) is 12.1 Å². The first-order valence-corrected chi connectivity index (χ1v) is 5.37. The van der Waals surface area contributed by atoms with Crippen LogP contribution in [0.5, 0.6) is 0 Å². The van der Waals surface area contributed by atoms with E-state index in [1.807, 2.05) is 0 Å². The second kappa shape index (κ2) is 3.56. The Morgan fingerprint density at radius 1 is 1.43 bits per heavy atom. The zero-order valence-electron chi connectivity index (χ0n) is 9.17. The Kier molecular flexibility index (Phi) is 2.40. The van der Waals surface area contributed by atoms with Gasteiger partial charge in [-0.15, -0.1) is 0 Å². The molecule has 1 aromatic carbocycles. The van der Waals surface area contributed by atoms with Gasteiger partial charge in [0.2, 0.25) is 0 Å². The second-order valence-corrected chi connectivity index (χ2v) is 4.22. The van der Waals surface area contributed by atoms with E-state index in [2.05, 4.69) is 39.0 Å². The van der Waals surface area contributed by atoms with Crippen LogP contribution in [0.15, 0.2) is 23.2 Å². The van der Waals surface area contributed by atoms with Crippen molar-refractivity contribution in [3.05, 3.63) is 29.3 Å². The van der Waals surface area contributed by atoms with Gasteiger partial charge >= 0.3 is 0 Å². The van der Waals surface area contributed by atoms with Crippen molar-refractivity contribution in [2.24, 2.45) is 10.9 Å². The molecular weight excluding hydrogens is 170 g/mol. The number of hydrogen-bond donors (Lipinski definition) is 0. The minimum absolute atomic E-state index is 0.628. The molecule has 74 valence electrons. The van der Waals surface area contributed by atoms with Gasteiger partial charge in [0.15, 0.2) is 0 Å². The van der Waals surface area contributed by atoms with Gasteiger partial charge in [0.1, 0.15) is 0 Å². The number of aliphatic imine (C=N–C) groups is 1. The van der Waals surface area contributed by atoms with E-state index in [1.54, 1.807) is 0 Å². The Morgan fingerprint density at radius 2 is 2.21 bits per heavy atom. The summed E-state index contributed by atoms with van der Waals surface area (Å²) in [6.45, 7) is 6.61. The third-order valence-electron chi connectivity index (χ3n) is 3.06. The van der Waals surface area contributed by atoms with Gasteiger partial charge in [-0.05, 0) is 36.5 Å². The fourth-order valence-corrected chi connectivity index (χ4v) is 1.84. The van der Waals surface area contributed by atoms with Crippen LogP contribution in [0.4, 0.5) is 5.69 Å². The van der Waals surface area contributed by atoms with Crippen molar-refractivity contribution in [1.82, 2.24) is 0 Å². The van der Waals surface area contributed by atoms with E-state index >= 15 is 0 Å². The third kappa shape index (κ3) is 1.59. The summed E-state index contributed by atoms with van der Waals surface area (Å²) in [5.74, 6) is 0.628. The molecule has 1 heterocycles. The molecule has 0 aromatic heterocycles. The molecule has 0 spiro atoms. The molecule has 1 atom stereocenters. The predicted octanol–water partition coefficient (Wildman–Crippen LogP) is 3.67. The highest BCUT2D eigenvalue weighted by atomic mass is 14.8. The molecule has 1 unspecified atom stereocenters. The van der Waals surface area contributed by atoms with Crippen molar-refractivity contribution >= 4 is 11.4 Å². The smallest absolute Gasteiger partial charge is 0.0667 e. The fourth-order valence-electron chi connectivity index (χ4n) is 1.84. The molecule has 1 aromatic rings. The van der Waals surface area contributed by atoms with Crippen LogP contribution in [-0.2, 0) is 6.42 Å². The Hall–Kier alpha value is -1.11. The van der Waals surface area contributed by atoms with Crippen LogP contribution >= 0.6 is 0 Å². The molecule has 1 aliphatic rings. The summed E-state index contributed by atoms with van der Waals surface area (Å²) in [6, 6.07) is 6.57. The molecule has 1 aliphatic heterocycles. The topological polar surface area (TPSA) is 12.4 Å². The monoisotopic (exact) mass is 187 g/mol. The van der Waals surface area contributed by atoms with E-state index in [0.29, 0.717) is 5.92 Å². The van der Waals surface area contributed by atoms with Crippen LogP contribution in [-0.4, -0.2) is 5.71 Å². The van der Waals surface area contributed by atoms with Crippen molar-refractivity contribution in [2.75, 3.05) is 0 Å². The van der Waals surface area contributed by atoms with Crippen molar-refractivity contribution in [1.29, 1.82) is 0 Å². The Balaban J connectivity index is 2.30. The highest BCUT2D eigenvalue weighted by Crippen LogP contribution is 2.30. The summed E-state index contributed by atoms with van der Waals surface area (Å²) in [5, 5.41) is 0. The lowest BCUT2D eigenvalue weighted by Crippen LogP contribution is -2.09. The maximum absolute atomic E-state index is 4.70. The summed E-state index contributed by atoms with van der Waals surface area (Å²) in [5.41, 5.74) is 5.25. The molecule has 0 saturated heterocycles. The Morgan fingerprint density at radius 3 is 2.93 bits per heavy atom. The van der Waals surface area contributed by atoms with Crippen molar-refractivity contribution in [3.63, 3.8) is 0 Å². The van der Waals surface area contributed by atoms with Crippen LogP contribution in [0.3, 0.4) is 0 Å². The lowest BCUT2D eigenvalue weighted by atomic mass is 9.98. The number of rotatable bonds is 2. The average Bonchev–Trinajstić information content (AvgIpc) is 2.59. The third-order valence-corrected chi connectivity index (χ3v) is 3.06. The summed E-state index contributed by atoms with van der Waals surface area (Å²) in [7, 11) is 0. The van der Waals surface area contributed by atoms with Crippen LogP contribution in [0, 0.1) is 12.8 Å². The maximum Gasteiger partial charge on any atom is 0.0667 e. The average molecular weight is 187 g/mol. The Bertz CT molecular complexity index is 377. The van der Waals surface area contributed by atoms with Gasteiger partial charge in [0.25, 0.3) is 0 Å². The molecular formula is C13H17N. The lowest BCUT2D eigenvalue weighted by Gasteiger charge is -2.06. The molecule has 2 rings (SSSR count). The molecule has 0 N–H and O–H groups in total. The normalized spacial score (nSPS) is 16.4. The van der Waals surface area contributed by atoms with Gasteiger partial charge in [-0.1, -0.05) is 26.0 Å². The highest BCUT2D eigenvalue weighted by molar-refractivity contribution is 5.95. The standard InChI is InChI=1S/C13H17N/c1-4-10(3)12-8-11-6-5-9(2)7-13(11)14-12/h5-7,10H,4,8H2,1-3H3. The second-order valence-electron chi connectivity index (χ2n) is 4.22. The van der Waals surface area contributed by atoms with Gasteiger partial charge in [-0.3, -0.25) is 4.99 Å². The maximum atomic E-state index is 4.70. The van der Waals surface area contributed by atoms with E-state index < -0.39 is 0 Å². The SMILES string of the molecule is CCC(C)C1=Nc2cc(C)ccc2C1. The number of aryl methyl sites for hydroxylation is 1. The van der Waals surface area contributed by atoms with Gasteiger partial charge in [-0.25, -0.2) is 0 Å². The number of fused-ring (bicyclic) bond motifs is 1. The van der Waals surface area contributed by atoms with E-state index in [9.17, 15) is 0 Å². The van der Waals surface area contributed by atoms with E-state index in [0.717, 1.165) is 6.42 Å². The first-order chi connectivity index (χ1) is 6.70. The quantitative estimate of drug-likeness (QED) is 0.670.